The number of nitrogens with one attached hydrogen (secondary N) is 2. The Morgan fingerprint density at radius 3 is 2.50 bits per heavy atom. The molecule has 4 rings (SSSR count). The fourth-order valence-electron chi connectivity index (χ4n) is 3.72. The number of hydrogen-bond donors (Lipinski definition) is 2. The van der Waals surface area contributed by atoms with E-state index >= 15 is 0 Å². The van der Waals surface area contributed by atoms with Crippen LogP contribution in [-0.4, -0.2) is 26.2 Å². The predicted octanol–water partition coefficient (Wildman–Crippen LogP) is 3.04. The molecule has 4 bridgehead atoms. The van der Waals surface area contributed by atoms with Crippen molar-refractivity contribution < 1.29 is 0 Å². The van der Waals surface area contributed by atoms with Gasteiger partial charge in [-0.25, -0.2) is 0 Å². The zero-order chi connectivity index (χ0) is 13.6. The Labute approximate surface area is 123 Å². The highest BCUT2D eigenvalue weighted by Crippen LogP contribution is 2.25. The largest absolute Gasteiger partial charge is 0.316 e. The molecule has 20 heavy (non-hydrogen) atoms. The zero-order valence-electron chi connectivity index (χ0n) is 12.5. The van der Waals surface area contributed by atoms with Crippen molar-refractivity contribution >= 4 is 0 Å². The summed E-state index contributed by atoms with van der Waals surface area (Å²) in [6, 6.07) is 0. The smallest absolute Gasteiger partial charge is 0.0165 e. The van der Waals surface area contributed by atoms with Gasteiger partial charge in [0.1, 0.15) is 0 Å². The van der Waals surface area contributed by atoms with Crippen LogP contribution in [0.5, 0.6) is 0 Å². The summed E-state index contributed by atoms with van der Waals surface area (Å²) in [5.41, 5.74) is 1.60. The monoisotopic (exact) mass is 272 g/mol. The Hall–Kier alpha value is -0.860. The van der Waals surface area contributed by atoms with Gasteiger partial charge in [0.15, 0.2) is 0 Å². The van der Waals surface area contributed by atoms with Crippen LogP contribution in [0.1, 0.15) is 32.1 Å². The average molecular weight is 272 g/mol. The standard InChI is InChI=1S/C9H15N.C9H13N/c2*1-2-4-9-5-8(3-1)6-10-7-9/h1-2,8-10H,3-7H2;1,3,5,8,10H,2,4,6-7H2. The molecule has 3 atom stereocenters. The Morgan fingerprint density at radius 2 is 1.70 bits per heavy atom. The molecule has 4 aliphatic rings. The SMILES string of the molecule is C1=CC2C=C(CC1)CNC2.C1=CCC2CNCC(C1)C2. The lowest BCUT2D eigenvalue weighted by molar-refractivity contribution is 0.297. The fourth-order valence-corrected chi connectivity index (χ4v) is 3.72. The van der Waals surface area contributed by atoms with Crippen LogP contribution in [0, 0.1) is 17.8 Å². The van der Waals surface area contributed by atoms with E-state index in [0.717, 1.165) is 24.9 Å². The summed E-state index contributed by atoms with van der Waals surface area (Å²) >= 11 is 0. The molecule has 2 aliphatic carbocycles. The van der Waals surface area contributed by atoms with Crippen LogP contribution in [0.4, 0.5) is 0 Å². The number of allylic oxidation sites excluding steroid dienone is 3. The van der Waals surface area contributed by atoms with Crippen molar-refractivity contribution in [3.8, 4) is 0 Å². The molecule has 0 amide bonds. The van der Waals surface area contributed by atoms with Crippen molar-refractivity contribution in [1.82, 2.24) is 10.6 Å². The molecule has 0 aromatic carbocycles. The lowest BCUT2D eigenvalue weighted by Gasteiger charge is -2.26. The van der Waals surface area contributed by atoms with Gasteiger partial charge >= 0.3 is 0 Å². The molecular formula is C18H28N2. The van der Waals surface area contributed by atoms with Crippen molar-refractivity contribution in [2.75, 3.05) is 26.2 Å². The Bertz CT molecular complexity index is 380. The molecule has 0 radical (unpaired) electrons. The van der Waals surface area contributed by atoms with Gasteiger partial charge in [-0.1, -0.05) is 36.0 Å². The maximum absolute atomic E-state index is 3.49. The minimum Gasteiger partial charge on any atom is -0.316 e. The second-order valence-corrected chi connectivity index (χ2v) is 6.66. The molecular weight excluding hydrogens is 244 g/mol. The first kappa shape index (κ1) is 14.1. The van der Waals surface area contributed by atoms with Crippen molar-refractivity contribution in [3.05, 3.63) is 36.0 Å². The number of piperidine rings is 1. The van der Waals surface area contributed by atoms with E-state index in [1.54, 1.807) is 5.57 Å². The zero-order valence-corrected chi connectivity index (χ0v) is 12.5. The second-order valence-electron chi connectivity index (χ2n) is 6.66. The third kappa shape index (κ3) is 4.07. The lowest BCUT2D eigenvalue weighted by Crippen LogP contribution is -2.35. The van der Waals surface area contributed by atoms with Gasteiger partial charge in [0.05, 0.1) is 0 Å². The van der Waals surface area contributed by atoms with Gasteiger partial charge in [0.25, 0.3) is 0 Å². The maximum Gasteiger partial charge on any atom is 0.0165 e. The van der Waals surface area contributed by atoms with Gasteiger partial charge in [-0.2, -0.15) is 0 Å². The van der Waals surface area contributed by atoms with Gasteiger partial charge in [-0.3, -0.25) is 0 Å². The van der Waals surface area contributed by atoms with Crippen LogP contribution in [0.3, 0.4) is 0 Å². The Morgan fingerprint density at radius 1 is 0.900 bits per heavy atom. The van der Waals surface area contributed by atoms with Crippen LogP contribution in [0.25, 0.3) is 0 Å². The molecule has 0 aromatic heterocycles. The topological polar surface area (TPSA) is 24.1 Å². The summed E-state index contributed by atoms with van der Waals surface area (Å²) in [5.74, 6) is 2.57. The van der Waals surface area contributed by atoms with E-state index < -0.39 is 0 Å². The molecule has 1 fully saturated rings. The third-order valence-corrected chi connectivity index (χ3v) is 4.84. The summed E-state index contributed by atoms with van der Waals surface area (Å²) in [6.07, 6.45) is 18.3. The van der Waals surface area contributed by atoms with E-state index in [-0.39, 0.29) is 0 Å². The van der Waals surface area contributed by atoms with E-state index in [0.29, 0.717) is 5.92 Å². The highest BCUT2D eigenvalue weighted by atomic mass is 14.9. The minimum absolute atomic E-state index is 0.686. The van der Waals surface area contributed by atoms with Crippen LogP contribution in [-0.2, 0) is 0 Å². The minimum atomic E-state index is 0.686. The van der Waals surface area contributed by atoms with Crippen LogP contribution < -0.4 is 10.6 Å². The van der Waals surface area contributed by atoms with Crippen molar-refractivity contribution in [1.29, 1.82) is 0 Å². The van der Waals surface area contributed by atoms with Gasteiger partial charge in [-0.05, 0) is 57.0 Å². The summed E-state index contributed by atoms with van der Waals surface area (Å²) in [7, 11) is 0. The number of hydrogen-bond acceptors (Lipinski definition) is 2. The first-order valence-electron chi connectivity index (χ1n) is 8.33. The quantitative estimate of drug-likeness (QED) is 0.662. The Balaban J connectivity index is 0.000000121. The van der Waals surface area contributed by atoms with E-state index in [9.17, 15) is 0 Å². The van der Waals surface area contributed by atoms with Crippen molar-refractivity contribution in [3.63, 3.8) is 0 Å². The van der Waals surface area contributed by atoms with E-state index in [4.69, 9.17) is 0 Å². The molecule has 0 aromatic rings. The normalized spacial score (nSPS) is 35.2. The van der Waals surface area contributed by atoms with Crippen LogP contribution in [0.2, 0.25) is 0 Å². The molecule has 2 aliphatic heterocycles. The van der Waals surface area contributed by atoms with Gasteiger partial charge in [0.2, 0.25) is 0 Å². The third-order valence-electron chi connectivity index (χ3n) is 4.84. The highest BCUT2D eigenvalue weighted by Gasteiger charge is 2.21. The van der Waals surface area contributed by atoms with Gasteiger partial charge < -0.3 is 10.6 Å². The fraction of sp³-hybridized carbons (Fsp3) is 0.667. The molecule has 3 unspecified atom stereocenters. The van der Waals surface area contributed by atoms with Gasteiger partial charge in [0, 0.05) is 19.0 Å². The van der Waals surface area contributed by atoms with Crippen LogP contribution >= 0.6 is 0 Å². The highest BCUT2D eigenvalue weighted by molar-refractivity contribution is 5.18. The van der Waals surface area contributed by atoms with Crippen molar-refractivity contribution in [2.45, 2.75) is 32.1 Å². The van der Waals surface area contributed by atoms with E-state index in [2.05, 4.69) is 41.0 Å². The summed E-state index contributed by atoms with van der Waals surface area (Å²) in [4.78, 5) is 0. The van der Waals surface area contributed by atoms with E-state index in [1.807, 2.05) is 0 Å². The maximum atomic E-state index is 3.49. The van der Waals surface area contributed by atoms with Crippen LogP contribution in [0.15, 0.2) is 36.0 Å². The number of fused-ring (bicyclic) bond motifs is 3. The predicted molar refractivity (Wildman–Crippen MR) is 85.7 cm³/mol. The van der Waals surface area contributed by atoms with E-state index in [1.165, 1.54) is 45.2 Å². The average Bonchev–Trinajstić information content (AvgIpc) is 2.75. The lowest BCUT2D eigenvalue weighted by atomic mass is 9.89. The molecule has 0 spiro atoms. The van der Waals surface area contributed by atoms with Gasteiger partial charge in [-0.15, -0.1) is 0 Å². The summed E-state index contributed by atoms with van der Waals surface area (Å²) in [5, 5.41) is 6.89. The Kier molecular flexibility index (Phi) is 5.10. The molecule has 1 saturated heterocycles. The first-order valence-corrected chi connectivity index (χ1v) is 8.33. The molecule has 0 saturated carbocycles. The first-order chi connectivity index (χ1) is 9.90. The summed E-state index contributed by atoms with van der Waals surface area (Å²) in [6.45, 7) is 4.76. The molecule has 110 valence electrons. The molecule has 2 heteroatoms. The molecule has 2 nitrogen and oxygen atoms in total. The summed E-state index contributed by atoms with van der Waals surface area (Å²) < 4.78 is 0. The number of rotatable bonds is 0. The van der Waals surface area contributed by atoms with Crippen molar-refractivity contribution in [2.24, 2.45) is 17.8 Å². The second kappa shape index (κ2) is 7.24. The molecule has 2 N–H and O–H groups in total. The molecule has 2 heterocycles.